The van der Waals surface area contributed by atoms with Crippen LogP contribution in [0.25, 0.3) is 0 Å². The van der Waals surface area contributed by atoms with Gasteiger partial charge in [0.05, 0.1) is 6.04 Å². The number of amides is 1. The van der Waals surface area contributed by atoms with E-state index >= 15 is 0 Å². The molecule has 3 nitrogen and oxygen atoms in total. The Kier molecular flexibility index (Phi) is 6.46. The van der Waals surface area contributed by atoms with Crippen LogP contribution in [0.3, 0.4) is 0 Å². The van der Waals surface area contributed by atoms with Gasteiger partial charge in [-0.2, -0.15) is 13.2 Å². The van der Waals surface area contributed by atoms with E-state index in [1.165, 1.54) is 6.42 Å². The van der Waals surface area contributed by atoms with E-state index in [0.717, 1.165) is 32.2 Å². The van der Waals surface area contributed by atoms with E-state index in [1.54, 1.807) is 0 Å². The van der Waals surface area contributed by atoms with E-state index in [0.29, 0.717) is 0 Å². The molecule has 6 heteroatoms. The average molecular weight is 266 g/mol. The number of halogens is 3. The Hall–Kier alpha value is -0.780. The van der Waals surface area contributed by atoms with Gasteiger partial charge in [0.25, 0.3) is 0 Å². The summed E-state index contributed by atoms with van der Waals surface area (Å²) < 4.78 is 35.7. The van der Waals surface area contributed by atoms with E-state index in [-0.39, 0.29) is 24.9 Å². The minimum Gasteiger partial charge on any atom is -0.355 e. The SMILES string of the molecule is O=C(NCCCC(F)(F)F)C1CCCCCCN1. The van der Waals surface area contributed by atoms with Crippen molar-refractivity contribution in [2.75, 3.05) is 13.1 Å². The molecule has 1 rings (SSSR count). The Morgan fingerprint density at radius 2 is 1.94 bits per heavy atom. The lowest BCUT2D eigenvalue weighted by atomic mass is 10.0. The van der Waals surface area contributed by atoms with Gasteiger partial charge in [-0.1, -0.05) is 19.3 Å². The second kappa shape index (κ2) is 7.61. The molecule has 1 heterocycles. The fourth-order valence-electron chi connectivity index (χ4n) is 2.05. The van der Waals surface area contributed by atoms with Crippen LogP contribution in [0.2, 0.25) is 0 Å². The summed E-state index contributed by atoms with van der Waals surface area (Å²) in [5, 5.41) is 5.72. The second-order valence-corrected chi connectivity index (χ2v) is 4.72. The molecule has 1 atom stereocenters. The Morgan fingerprint density at radius 1 is 1.22 bits per heavy atom. The van der Waals surface area contributed by atoms with Crippen LogP contribution in [0.4, 0.5) is 13.2 Å². The molecular formula is C12H21F3N2O. The Labute approximate surface area is 106 Å². The first-order valence-corrected chi connectivity index (χ1v) is 6.57. The number of carbonyl (C=O) groups is 1. The van der Waals surface area contributed by atoms with Gasteiger partial charge in [0.1, 0.15) is 0 Å². The third kappa shape index (κ3) is 6.83. The molecule has 1 aliphatic rings. The molecule has 0 radical (unpaired) electrons. The van der Waals surface area contributed by atoms with Crippen LogP contribution in [-0.4, -0.2) is 31.2 Å². The topological polar surface area (TPSA) is 41.1 Å². The van der Waals surface area contributed by atoms with Crippen LogP contribution >= 0.6 is 0 Å². The molecule has 1 saturated heterocycles. The number of alkyl halides is 3. The maximum atomic E-state index is 11.9. The van der Waals surface area contributed by atoms with Crippen LogP contribution in [0.5, 0.6) is 0 Å². The minimum atomic E-state index is -4.14. The lowest BCUT2D eigenvalue weighted by molar-refractivity contribution is -0.136. The molecule has 1 unspecified atom stereocenters. The highest BCUT2D eigenvalue weighted by Gasteiger charge is 2.26. The summed E-state index contributed by atoms with van der Waals surface area (Å²) in [6.45, 7) is 0.900. The van der Waals surface area contributed by atoms with Crippen molar-refractivity contribution in [1.29, 1.82) is 0 Å². The Morgan fingerprint density at radius 3 is 2.67 bits per heavy atom. The van der Waals surface area contributed by atoms with Gasteiger partial charge in [-0.05, 0) is 25.8 Å². The highest BCUT2D eigenvalue weighted by Crippen LogP contribution is 2.20. The Bertz CT molecular complexity index is 248. The first kappa shape index (κ1) is 15.3. The first-order valence-electron chi connectivity index (χ1n) is 6.57. The molecule has 0 saturated carbocycles. The maximum Gasteiger partial charge on any atom is 0.389 e. The molecular weight excluding hydrogens is 245 g/mol. The summed E-state index contributed by atoms with van der Waals surface area (Å²) in [6, 6.07) is -0.240. The molecule has 0 spiro atoms. The van der Waals surface area contributed by atoms with Crippen LogP contribution in [0.1, 0.15) is 44.9 Å². The normalized spacial score (nSPS) is 22.1. The summed E-state index contributed by atoms with van der Waals surface area (Å²) in [7, 11) is 0. The number of hydrogen-bond acceptors (Lipinski definition) is 2. The molecule has 1 amide bonds. The van der Waals surface area contributed by atoms with Gasteiger partial charge in [-0.3, -0.25) is 4.79 Å². The van der Waals surface area contributed by atoms with E-state index in [1.807, 2.05) is 0 Å². The van der Waals surface area contributed by atoms with Crippen LogP contribution in [0.15, 0.2) is 0 Å². The minimum absolute atomic E-state index is 0.0536. The summed E-state index contributed by atoms with van der Waals surface area (Å²) in [4.78, 5) is 11.7. The molecule has 18 heavy (non-hydrogen) atoms. The van der Waals surface area contributed by atoms with Gasteiger partial charge >= 0.3 is 6.18 Å². The monoisotopic (exact) mass is 266 g/mol. The molecule has 0 bridgehead atoms. The van der Waals surface area contributed by atoms with Crippen molar-refractivity contribution < 1.29 is 18.0 Å². The van der Waals surface area contributed by atoms with Gasteiger partial charge in [0.2, 0.25) is 5.91 Å². The summed E-state index contributed by atoms with van der Waals surface area (Å²) >= 11 is 0. The van der Waals surface area contributed by atoms with Crippen LogP contribution in [0, 0.1) is 0 Å². The lowest BCUT2D eigenvalue weighted by Gasteiger charge is -2.20. The fourth-order valence-corrected chi connectivity index (χ4v) is 2.05. The van der Waals surface area contributed by atoms with Crippen molar-refractivity contribution >= 4 is 5.91 Å². The van der Waals surface area contributed by atoms with Gasteiger partial charge in [-0.25, -0.2) is 0 Å². The summed E-state index contributed by atoms with van der Waals surface area (Å²) in [5.41, 5.74) is 0. The zero-order valence-electron chi connectivity index (χ0n) is 10.5. The van der Waals surface area contributed by atoms with Crippen molar-refractivity contribution in [3.05, 3.63) is 0 Å². The molecule has 1 fully saturated rings. The third-order valence-electron chi connectivity index (χ3n) is 3.06. The zero-order valence-corrected chi connectivity index (χ0v) is 10.5. The van der Waals surface area contributed by atoms with Gasteiger partial charge in [-0.15, -0.1) is 0 Å². The van der Waals surface area contributed by atoms with Gasteiger partial charge in [0, 0.05) is 13.0 Å². The van der Waals surface area contributed by atoms with E-state index in [2.05, 4.69) is 10.6 Å². The fraction of sp³-hybridized carbons (Fsp3) is 0.917. The van der Waals surface area contributed by atoms with Gasteiger partial charge in [0.15, 0.2) is 0 Å². The molecule has 0 aromatic carbocycles. The van der Waals surface area contributed by atoms with Crippen LogP contribution < -0.4 is 10.6 Å². The molecule has 2 N–H and O–H groups in total. The van der Waals surface area contributed by atoms with Crippen molar-refractivity contribution in [1.82, 2.24) is 10.6 Å². The van der Waals surface area contributed by atoms with E-state index in [9.17, 15) is 18.0 Å². The van der Waals surface area contributed by atoms with Crippen LogP contribution in [-0.2, 0) is 4.79 Å². The van der Waals surface area contributed by atoms with E-state index in [4.69, 9.17) is 0 Å². The summed E-state index contributed by atoms with van der Waals surface area (Å²) in [5.74, 6) is -0.168. The molecule has 1 aliphatic heterocycles. The molecule has 0 aromatic heterocycles. The van der Waals surface area contributed by atoms with Crippen molar-refractivity contribution in [2.24, 2.45) is 0 Å². The smallest absolute Gasteiger partial charge is 0.355 e. The number of nitrogens with one attached hydrogen (secondary N) is 2. The lowest BCUT2D eigenvalue weighted by Crippen LogP contribution is -2.45. The first-order chi connectivity index (χ1) is 8.49. The summed E-state index contributed by atoms with van der Waals surface area (Å²) in [6.07, 6.45) is 0.0829. The quantitative estimate of drug-likeness (QED) is 0.767. The zero-order chi connectivity index (χ0) is 13.4. The number of hydrogen-bond donors (Lipinski definition) is 2. The third-order valence-corrected chi connectivity index (χ3v) is 3.06. The Balaban J connectivity index is 2.18. The highest BCUT2D eigenvalue weighted by atomic mass is 19.4. The molecule has 106 valence electrons. The molecule has 0 aliphatic carbocycles. The molecule has 0 aromatic rings. The van der Waals surface area contributed by atoms with Crippen molar-refractivity contribution in [3.63, 3.8) is 0 Å². The second-order valence-electron chi connectivity index (χ2n) is 4.72. The maximum absolute atomic E-state index is 11.9. The predicted octanol–water partition coefficient (Wildman–Crippen LogP) is 2.37. The predicted molar refractivity (Wildman–Crippen MR) is 63.2 cm³/mol. The van der Waals surface area contributed by atoms with Crippen molar-refractivity contribution in [3.8, 4) is 0 Å². The van der Waals surface area contributed by atoms with Gasteiger partial charge < -0.3 is 10.6 Å². The highest BCUT2D eigenvalue weighted by molar-refractivity contribution is 5.81. The number of rotatable bonds is 4. The standard InChI is InChI=1S/C12H21F3N2O/c13-12(14,15)7-5-9-17-11(18)10-6-3-1-2-4-8-16-10/h10,16H,1-9H2,(H,17,18). The number of carbonyl (C=O) groups excluding carboxylic acids is 1. The van der Waals surface area contributed by atoms with Crippen molar-refractivity contribution in [2.45, 2.75) is 57.2 Å². The largest absolute Gasteiger partial charge is 0.389 e. The van der Waals surface area contributed by atoms with E-state index < -0.39 is 12.6 Å². The average Bonchev–Trinajstić information content (AvgIpc) is 2.22.